The Bertz CT molecular complexity index is 526. The Balaban J connectivity index is 1.93. The van der Waals surface area contributed by atoms with Crippen LogP contribution in [0, 0.1) is 0 Å². The van der Waals surface area contributed by atoms with Gasteiger partial charge >= 0.3 is 0 Å². The summed E-state index contributed by atoms with van der Waals surface area (Å²) in [5, 5.41) is 6.00. The van der Waals surface area contributed by atoms with Gasteiger partial charge in [-0.25, -0.2) is 4.98 Å². The number of aromatic nitrogens is 1. The Hall–Kier alpha value is -1.56. The number of carbonyl (C=O) groups excluding carboxylic acids is 1. The maximum absolute atomic E-state index is 13.2. The van der Waals surface area contributed by atoms with E-state index in [-0.39, 0.29) is 29.7 Å². The number of pyridine rings is 1. The molecule has 6 heteroatoms. The van der Waals surface area contributed by atoms with Crippen LogP contribution in [0.15, 0.2) is 18.2 Å². The van der Waals surface area contributed by atoms with Crippen LogP contribution in [0.25, 0.3) is 0 Å². The van der Waals surface area contributed by atoms with Crippen LogP contribution < -0.4 is 10.6 Å². The van der Waals surface area contributed by atoms with Gasteiger partial charge in [0, 0.05) is 12.5 Å². The summed E-state index contributed by atoms with van der Waals surface area (Å²) in [6, 6.07) is 4.21. The van der Waals surface area contributed by atoms with Crippen LogP contribution >= 0.6 is 0 Å². The second kappa shape index (κ2) is 5.67. The minimum atomic E-state index is -2.98. The van der Waals surface area contributed by atoms with Gasteiger partial charge in [0.05, 0.1) is 18.3 Å². The van der Waals surface area contributed by atoms with Crippen molar-refractivity contribution in [1.82, 2.24) is 15.6 Å². The molecule has 1 aliphatic rings. The topological polar surface area (TPSA) is 54.0 Å². The number of rotatable bonds is 4. The quantitative estimate of drug-likeness (QED) is 0.897. The molecule has 2 heterocycles. The summed E-state index contributed by atoms with van der Waals surface area (Å²) >= 11 is 0. The average molecular weight is 297 g/mol. The Morgan fingerprint density at radius 3 is 2.81 bits per heavy atom. The summed E-state index contributed by atoms with van der Waals surface area (Å²) in [6.45, 7) is 5.06. The molecular weight excluding hydrogens is 276 g/mol. The van der Waals surface area contributed by atoms with E-state index in [2.05, 4.69) is 29.5 Å². The average Bonchev–Trinajstić information content (AvgIpc) is 2.76. The molecule has 2 rings (SSSR count). The Morgan fingerprint density at radius 1 is 1.52 bits per heavy atom. The molecule has 0 aliphatic carbocycles. The van der Waals surface area contributed by atoms with Crippen molar-refractivity contribution in [3.63, 3.8) is 0 Å². The van der Waals surface area contributed by atoms with Gasteiger partial charge in [0.25, 0.3) is 5.92 Å². The molecule has 4 nitrogen and oxygen atoms in total. The summed E-state index contributed by atoms with van der Waals surface area (Å²) in [7, 11) is 0. The highest BCUT2D eigenvalue weighted by molar-refractivity contribution is 5.82. The van der Waals surface area contributed by atoms with Gasteiger partial charge in [-0.1, -0.05) is 6.07 Å². The van der Waals surface area contributed by atoms with Crippen molar-refractivity contribution < 1.29 is 13.6 Å². The molecule has 1 atom stereocenters. The predicted octanol–water partition coefficient (Wildman–Crippen LogP) is 2.34. The maximum atomic E-state index is 13.2. The maximum Gasteiger partial charge on any atom is 0.286 e. The summed E-state index contributed by atoms with van der Waals surface area (Å²) in [5.74, 6) is -3.09. The second-order valence-electron chi connectivity index (χ2n) is 6.24. The molecular formula is C15H21F2N3O. The first kappa shape index (κ1) is 15.8. The second-order valence-corrected chi connectivity index (χ2v) is 6.24. The van der Waals surface area contributed by atoms with Crippen LogP contribution in [0.3, 0.4) is 0 Å². The summed E-state index contributed by atoms with van der Waals surface area (Å²) in [5.41, 5.74) is 0.110. The van der Waals surface area contributed by atoms with Gasteiger partial charge in [-0.2, -0.15) is 8.78 Å². The van der Waals surface area contributed by atoms with Crippen molar-refractivity contribution in [2.75, 3.05) is 0 Å². The van der Waals surface area contributed by atoms with E-state index in [1.165, 1.54) is 12.1 Å². The van der Waals surface area contributed by atoms with Gasteiger partial charge in [0.1, 0.15) is 5.69 Å². The lowest BCUT2D eigenvalue weighted by Gasteiger charge is -2.19. The third-order valence-electron chi connectivity index (χ3n) is 3.64. The van der Waals surface area contributed by atoms with Gasteiger partial charge in [0.15, 0.2) is 0 Å². The number of nitrogens with one attached hydrogen (secondary N) is 2. The van der Waals surface area contributed by atoms with Gasteiger partial charge < -0.3 is 10.6 Å². The van der Waals surface area contributed by atoms with Crippen LogP contribution in [0.1, 0.15) is 45.0 Å². The first-order chi connectivity index (χ1) is 9.67. The zero-order valence-corrected chi connectivity index (χ0v) is 12.5. The van der Waals surface area contributed by atoms with Crippen molar-refractivity contribution in [2.24, 2.45) is 0 Å². The highest BCUT2D eigenvalue weighted by Gasteiger charge is 2.33. The van der Waals surface area contributed by atoms with Gasteiger partial charge in [-0.05, 0) is 38.8 Å². The fraction of sp³-hybridized carbons (Fsp3) is 0.600. The number of hydrogen-bond acceptors (Lipinski definition) is 3. The van der Waals surface area contributed by atoms with Crippen LogP contribution in [0.5, 0.6) is 0 Å². The van der Waals surface area contributed by atoms with Crippen molar-refractivity contribution in [2.45, 2.75) is 57.7 Å². The van der Waals surface area contributed by atoms with E-state index in [0.29, 0.717) is 5.69 Å². The molecule has 2 N–H and O–H groups in total. The van der Waals surface area contributed by atoms with E-state index in [4.69, 9.17) is 0 Å². The molecule has 1 aromatic rings. The fourth-order valence-corrected chi connectivity index (χ4v) is 2.44. The van der Waals surface area contributed by atoms with Gasteiger partial charge in [0.2, 0.25) is 5.91 Å². The summed E-state index contributed by atoms with van der Waals surface area (Å²) in [6.07, 6.45) is 1.71. The largest absolute Gasteiger partial charge is 0.349 e. The summed E-state index contributed by atoms with van der Waals surface area (Å²) in [4.78, 5) is 15.9. The third kappa shape index (κ3) is 4.20. The monoisotopic (exact) mass is 297 g/mol. The number of hydrogen-bond donors (Lipinski definition) is 2. The minimum Gasteiger partial charge on any atom is -0.349 e. The van der Waals surface area contributed by atoms with Gasteiger partial charge in [-0.3, -0.25) is 4.79 Å². The van der Waals surface area contributed by atoms with Crippen LogP contribution in [0.2, 0.25) is 0 Å². The molecule has 1 amide bonds. The molecule has 0 bridgehead atoms. The Kier molecular flexibility index (Phi) is 4.27. The molecule has 116 valence electrons. The SMILES string of the molecule is CC1(C)CCC(C(=O)NCc2cccc(C(C)(F)F)n2)N1. The van der Waals surface area contributed by atoms with Crippen LogP contribution in [-0.4, -0.2) is 22.5 Å². The molecule has 0 saturated carbocycles. The predicted molar refractivity (Wildman–Crippen MR) is 75.9 cm³/mol. The molecule has 1 unspecified atom stereocenters. The smallest absolute Gasteiger partial charge is 0.286 e. The Morgan fingerprint density at radius 2 is 2.24 bits per heavy atom. The first-order valence-electron chi connectivity index (χ1n) is 7.07. The Labute approximate surface area is 123 Å². The van der Waals surface area contributed by atoms with E-state index in [1.54, 1.807) is 6.07 Å². The zero-order valence-electron chi connectivity index (χ0n) is 12.5. The number of amides is 1. The van der Waals surface area contributed by atoms with Crippen molar-refractivity contribution >= 4 is 5.91 Å². The van der Waals surface area contributed by atoms with Crippen LogP contribution in [-0.2, 0) is 17.3 Å². The zero-order chi connectivity index (χ0) is 15.7. The molecule has 1 saturated heterocycles. The number of halogens is 2. The molecule has 1 aliphatic heterocycles. The van der Waals surface area contributed by atoms with E-state index < -0.39 is 5.92 Å². The molecule has 1 fully saturated rings. The number of nitrogens with zero attached hydrogens (tertiary/aromatic N) is 1. The molecule has 21 heavy (non-hydrogen) atoms. The van der Waals surface area contributed by atoms with Crippen molar-refractivity contribution in [3.8, 4) is 0 Å². The van der Waals surface area contributed by atoms with Crippen molar-refractivity contribution in [3.05, 3.63) is 29.6 Å². The van der Waals surface area contributed by atoms with E-state index in [9.17, 15) is 13.6 Å². The molecule has 0 spiro atoms. The van der Waals surface area contributed by atoms with Crippen LogP contribution in [0.4, 0.5) is 8.78 Å². The highest BCUT2D eigenvalue weighted by Crippen LogP contribution is 2.25. The van der Waals surface area contributed by atoms with Crippen molar-refractivity contribution in [1.29, 1.82) is 0 Å². The standard InChI is InChI=1S/C15H21F2N3O/c1-14(2)8-7-11(20-14)13(21)18-9-10-5-4-6-12(19-10)15(3,16)17/h4-6,11,20H,7-9H2,1-3H3,(H,18,21). The normalized spacial score (nSPS) is 21.3. The first-order valence-corrected chi connectivity index (χ1v) is 7.07. The lowest BCUT2D eigenvalue weighted by Crippen LogP contribution is -2.45. The third-order valence-corrected chi connectivity index (χ3v) is 3.64. The fourth-order valence-electron chi connectivity index (χ4n) is 2.44. The van der Waals surface area contributed by atoms with E-state index >= 15 is 0 Å². The molecule has 1 aromatic heterocycles. The number of carbonyl (C=O) groups is 1. The molecule has 0 radical (unpaired) electrons. The summed E-state index contributed by atoms with van der Waals surface area (Å²) < 4.78 is 26.4. The number of alkyl halides is 2. The lowest BCUT2D eigenvalue weighted by molar-refractivity contribution is -0.123. The van der Waals surface area contributed by atoms with Gasteiger partial charge in [-0.15, -0.1) is 0 Å². The minimum absolute atomic E-state index is 0.0373. The van der Waals surface area contributed by atoms with E-state index in [1.807, 2.05) is 0 Å². The van der Waals surface area contributed by atoms with E-state index in [0.717, 1.165) is 19.8 Å². The lowest BCUT2D eigenvalue weighted by atomic mass is 10.0. The molecule has 0 aromatic carbocycles. The highest BCUT2D eigenvalue weighted by atomic mass is 19.3.